The van der Waals surface area contributed by atoms with Crippen LogP contribution < -0.4 is 10.6 Å². The molecule has 0 unspecified atom stereocenters. The summed E-state index contributed by atoms with van der Waals surface area (Å²) in [5.41, 5.74) is 0.810. The predicted molar refractivity (Wildman–Crippen MR) is 142 cm³/mol. The van der Waals surface area contributed by atoms with Crippen LogP contribution in [0.2, 0.25) is 0 Å². The van der Waals surface area contributed by atoms with Crippen molar-refractivity contribution in [1.29, 1.82) is 0 Å². The van der Waals surface area contributed by atoms with Crippen LogP contribution in [0.25, 0.3) is 0 Å². The Bertz CT molecular complexity index is 1400. The minimum atomic E-state index is -0.960. The molecular weight excluding hydrogens is 536 g/mol. The van der Waals surface area contributed by atoms with E-state index in [1.54, 1.807) is 10.9 Å². The van der Waals surface area contributed by atoms with Crippen molar-refractivity contribution in [3.63, 3.8) is 0 Å². The van der Waals surface area contributed by atoms with Gasteiger partial charge in [0.1, 0.15) is 22.6 Å². The largest absolute Gasteiger partial charge is 0.465 e. The van der Waals surface area contributed by atoms with Crippen LogP contribution in [0.5, 0.6) is 0 Å². The van der Waals surface area contributed by atoms with Crippen molar-refractivity contribution in [2.75, 3.05) is 27.9 Å². The number of hydrogen-bond acceptors (Lipinski definition) is 10. The molecule has 0 saturated heterocycles. The van der Waals surface area contributed by atoms with E-state index in [0.717, 1.165) is 19.8 Å². The van der Waals surface area contributed by atoms with Gasteiger partial charge in [-0.05, 0) is 18.4 Å². The normalized spacial score (nSPS) is 18.2. The van der Waals surface area contributed by atoms with Gasteiger partial charge in [0.25, 0.3) is 5.91 Å². The summed E-state index contributed by atoms with van der Waals surface area (Å²) in [6.07, 6.45) is 2.24. The number of aryl methyl sites for hydroxylation is 1. The van der Waals surface area contributed by atoms with Crippen LogP contribution in [0.1, 0.15) is 54.7 Å². The third kappa shape index (κ3) is 6.90. The molecule has 0 saturated carbocycles. The van der Waals surface area contributed by atoms with Gasteiger partial charge in [-0.15, -0.1) is 5.10 Å². The van der Waals surface area contributed by atoms with E-state index >= 15 is 0 Å². The molecule has 0 radical (unpaired) electrons. The van der Waals surface area contributed by atoms with E-state index in [1.807, 2.05) is 30.3 Å². The van der Waals surface area contributed by atoms with E-state index in [1.165, 1.54) is 11.9 Å². The molecule has 14 nitrogen and oxygen atoms in total. The van der Waals surface area contributed by atoms with Gasteiger partial charge in [0.2, 0.25) is 5.76 Å². The summed E-state index contributed by atoms with van der Waals surface area (Å²) < 4.78 is 17.1. The van der Waals surface area contributed by atoms with E-state index in [-0.39, 0.29) is 48.9 Å². The van der Waals surface area contributed by atoms with Crippen LogP contribution in [-0.2, 0) is 35.4 Å². The standard InChI is InChI=1S/C27H32N6O8/c1-32-12-19-14-33(31-30-19)13-18(11-16-7-5-4-6-8-16)29-27(38)28-17(15-34)9-10-20-21(25(36)39-2)22(26(37)40-3)23(41-20)24(32)35/h4-8,14,17-18,34H,9-13,15H2,1-3H3,(H2,28,29,38)/t17-,18-/m0/s1. The van der Waals surface area contributed by atoms with Crippen LogP contribution in [0, 0.1) is 0 Å². The Kier molecular flexibility index (Phi) is 9.34. The van der Waals surface area contributed by atoms with Gasteiger partial charge >= 0.3 is 18.0 Å². The smallest absolute Gasteiger partial charge is 0.342 e. The van der Waals surface area contributed by atoms with Gasteiger partial charge in [-0.1, -0.05) is 35.5 Å². The Morgan fingerprint density at radius 1 is 1.07 bits per heavy atom. The number of aliphatic hydroxyl groups is 1. The number of nitrogens with one attached hydrogen (secondary N) is 2. The summed E-state index contributed by atoms with van der Waals surface area (Å²) in [5, 5.41) is 23.9. The molecular formula is C27H32N6O8. The molecule has 41 heavy (non-hydrogen) atoms. The summed E-state index contributed by atoms with van der Waals surface area (Å²) in [6.45, 7) is -0.129. The number of methoxy groups -OCH3 is 2. The molecule has 3 heterocycles. The summed E-state index contributed by atoms with van der Waals surface area (Å²) in [6, 6.07) is 7.96. The molecule has 4 rings (SSSR count). The highest BCUT2D eigenvalue weighted by molar-refractivity contribution is 6.11. The molecule has 1 aliphatic heterocycles. The first kappa shape index (κ1) is 29.3. The summed E-state index contributed by atoms with van der Waals surface area (Å²) in [4.78, 5) is 53.2. The van der Waals surface area contributed by atoms with Crippen LogP contribution in [0.3, 0.4) is 0 Å². The fourth-order valence-electron chi connectivity index (χ4n) is 4.62. The van der Waals surface area contributed by atoms with Crippen molar-refractivity contribution in [2.24, 2.45) is 0 Å². The average Bonchev–Trinajstić information content (AvgIpc) is 3.58. The minimum absolute atomic E-state index is 0.00684. The lowest BCUT2D eigenvalue weighted by Gasteiger charge is -2.22. The van der Waals surface area contributed by atoms with Crippen LogP contribution >= 0.6 is 0 Å². The molecule has 2 atom stereocenters. The Balaban J connectivity index is 1.72. The maximum Gasteiger partial charge on any atom is 0.342 e. The molecule has 0 aliphatic carbocycles. The molecule has 1 aliphatic rings. The molecule has 3 aromatic rings. The molecule has 14 heteroatoms. The number of nitrogens with zero attached hydrogens (tertiary/aromatic N) is 4. The number of fused-ring (bicyclic) bond motifs is 4. The van der Waals surface area contributed by atoms with Crippen LogP contribution in [0.15, 0.2) is 40.9 Å². The van der Waals surface area contributed by atoms with Gasteiger partial charge < -0.3 is 34.5 Å². The molecule has 1 aromatic carbocycles. The van der Waals surface area contributed by atoms with Crippen molar-refractivity contribution >= 4 is 23.9 Å². The van der Waals surface area contributed by atoms with Gasteiger partial charge in [0, 0.05) is 13.5 Å². The average molecular weight is 569 g/mol. The lowest BCUT2D eigenvalue weighted by Crippen LogP contribution is -2.49. The van der Waals surface area contributed by atoms with Gasteiger partial charge in [0.05, 0.1) is 52.2 Å². The van der Waals surface area contributed by atoms with E-state index in [9.17, 15) is 24.3 Å². The second-order valence-corrected chi connectivity index (χ2v) is 9.60. The topological polar surface area (TPSA) is 178 Å². The Labute approximate surface area is 235 Å². The number of hydrogen-bond donors (Lipinski definition) is 3. The van der Waals surface area contributed by atoms with Crippen molar-refractivity contribution in [2.45, 2.75) is 44.4 Å². The molecule has 218 valence electrons. The van der Waals surface area contributed by atoms with Crippen molar-refractivity contribution < 1.29 is 38.2 Å². The first-order chi connectivity index (χ1) is 19.7. The fraction of sp³-hybridized carbons (Fsp3) is 0.407. The fourth-order valence-corrected chi connectivity index (χ4v) is 4.62. The number of aromatic nitrogens is 3. The van der Waals surface area contributed by atoms with E-state index in [0.29, 0.717) is 12.1 Å². The van der Waals surface area contributed by atoms with Crippen molar-refractivity contribution in [1.82, 2.24) is 30.5 Å². The summed E-state index contributed by atoms with van der Waals surface area (Å²) >= 11 is 0. The van der Waals surface area contributed by atoms with Crippen molar-refractivity contribution in [3.8, 4) is 0 Å². The number of ether oxygens (including phenoxy) is 2. The minimum Gasteiger partial charge on any atom is -0.465 e. The number of amides is 3. The number of rotatable bonds is 5. The number of carbonyl (C=O) groups excluding carboxylic acids is 4. The molecule has 0 spiro atoms. The lowest BCUT2D eigenvalue weighted by atomic mass is 10.0. The predicted octanol–water partition coefficient (Wildman–Crippen LogP) is 0.934. The maximum absolute atomic E-state index is 13.5. The van der Waals surface area contributed by atoms with E-state index in [4.69, 9.17) is 13.9 Å². The Hall–Kier alpha value is -4.72. The Morgan fingerprint density at radius 3 is 2.44 bits per heavy atom. The molecule has 2 aromatic heterocycles. The number of furan rings is 1. The summed E-state index contributed by atoms with van der Waals surface area (Å²) in [7, 11) is 3.73. The highest BCUT2D eigenvalue weighted by Crippen LogP contribution is 2.28. The molecule has 4 bridgehead atoms. The van der Waals surface area contributed by atoms with Crippen molar-refractivity contribution in [3.05, 3.63) is 70.4 Å². The first-order valence-corrected chi connectivity index (χ1v) is 12.9. The highest BCUT2D eigenvalue weighted by Gasteiger charge is 2.36. The maximum atomic E-state index is 13.5. The number of carbonyl (C=O) groups is 4. The second-order valence-electron chi connectivity index (χ2n) is 9.60. The van der Waals surface area contributed by atoms with E-state index in [2.05, 4.69) is 20.9 Å². The second kappa shape index (κ2) is 13.1. The van der Waals surface area contributed by atoms with Gasteiger partial charge in [-0.25, -0.2) is 14.4 Å². The highest BCUT2D eigenvalue weighted by atomic mass is 16.5. The quantitative estimate of drug-likeness (QED) is 0.375. The lowest BCUT2D eigenvalue weighted by molar-refractivity contribution is 0.0551. The number of aliphatic hydroxyl groups excluding tert-OH is 1. The van der Waals surface area contributed by atoms with Crippen LogP contribution in [0.4, 0.5) is 4.79 Å². The van der Waals surface area contributed by atoms with Gasteiger partial charge in [0.15, 0.2) is 0 Å². The van der Waals surface area contributed by atoms with Gasteiger partial charge in [-0.2, -0.15) is 0 Å². The first-order valence-electron chi connectivity index (χ1n) is 12.9. The summed E-state index contributed by atoms with van der Waals surface area (Å²) in [5.74, 6) is -2.99. The SMILES string of the molecule is COC(=O)c1c2oc(c1C(=O)OC)C(=O)N(C)Cc1cn(nn1)C[C@H](Cc1ccccc1)NC(=O)N[C@H](CO)CC2. The zero-order valence-electron chi connectivity index (χ0n) is 23.0. The molecule has 3 amide bonds. The van der Waals surface area contributed by atoms with E-state index < -0.39 is 42.3 Å². The molecule has 0 fully saturated rings. The number of benzene rings is 1. The number of urea groups is 1. The third-order valence-electron chi connectivity index (χ3n) is 6.63. The zero-order valence-corrected chi connectivity index (χ0v) is 23.0. The number of esters is 2. The van der Waals surface area contributed by atoms with Crippen LogP contribution in [-0.4, -0.2) is 88.8 Å². The Morgan fingerprint density at radius 2 is 1.76 bits per heavy atom. The third-order valence-corrected chi connectivity index (χ3v) is 6.63. The van der Waals surface area contributed by atoms with Gasteiger partial charge in [-0.3, -0.25) is 9.48 Å². The zero-order chi connectivity index (χ0) is 29.5. The monoisotopic (exact) mass is 568 g/mol. The molecule has 3 N–H and O–H groups in total.